The highest BCUT2D eigenvalue weighted by Gasteiger charge is 2.36. The van der Waals surface area contributed by atoms with E-state index in [0.29, 0.717) is 11.6 Å². The monoisotopic (exact) mass is 262 g/mol. The number of aryl methyl sites for hydroxylation is 1. The first-order valence-electron chi connectivity index (χ1n) is 6.42. The Morgan fingerprint density at radius 1 is 1.42 bits per heavy atom. The summed E-state index contributed by atoms with van der Waals surface area (Å²) in [6, 6.07) is 4.67. The number of hydrogen-bond donors (Lipinski definition) is 3. The van der Waals surface area contributed by atoms with Gasteiger partial charge >= 0.3 is 12.0 Å². The molecule has 0 bridgehead atoms. The number of carboxylic acids is 1. The third kappa shape index (κ3) is 3.24. The zero-order chi connectivity index (χ0) is 14.0. The summed E-state index contributed by atoms with van der Waals surface area (Å²) in [5.74, 6) is -0.422. The van der Waals surface area contributed by atoms with Gasteiger partial charge in [-0.2, -0.15) is 0 Å². The molecule has 0 spiro atoms. The number of nitrogens with one attached hydrogen (secondary N) is 2. The van der Waals surface area contributed by atoms with Crippen molar-refractivity contribution >= 4 is 17.7 Å². The van der Waals surface area contributed by atoms with E-state index in [0.717, 1.165) is 18.4 Å². The van der Waals surface area contributed by atoms with Crippen LogP contribution in [0.4, 0.5) is 10.5 Å². The van der Waals surface area contributed by atoms with E-state index in [9.17, 15) is 9.59 Å². The number of benzene rings is 1. The Morgan fingerprint density at radius 3 is 2.74 bits per heavy atom. The zero-order valence-corrected chi connectivity index (χ0v) is 11.1. The molecule has 19 heavy (non-hydrogen) atoms. The minimum atomic E-state index is -1.00. The van der Waals surface area contributed by atoms with Crippen LogP contribution in [0.25, 0.3) is 0 Å². The van der Waals surface area contributed by atoms with E-state index in [-0.39, 0.29) is 17.6 Å². The van der Waals surface area contributed by atoms with Crippen LogP contribution in [0.5, 0.6) is 0 Å². The lowest BCUT2D eigenvalue weighted by Crippen LogP contribution is -2.31. The second-order valence-corrected chi connectivity index (χ2v) is 4.94. The first kappa shape index (κ1) is 13.4. The lowest BCUT2D eigenvalue weighted by atomic mass is 10.1. The van der Waals surface area contributed by atoms with Crippen LogP contribution in [-0.4, -0.2) is 23.1 Å². The number of anilines is 1. The largest absolute Gasteiger partial charge is 0.478 e. The van der Waals surface area contributed by atoms with Crippen LogP contribution in [0.2, 0.25) is 0 Å². The van der Waals surface area contributed by atoms with Gasteiger partial charge in [0.1, 0.15) is 0 Å². The zero-order valence-electron chi connectivity index (χ0n) is 11.1. The predicted octanol–water partition coefficient (Wildman–Crippen LogP) is 2.61. The van der Waals surface area contributed by atoms with Crippen molar-refractivity contribution in [3.63, 3.8) is 0 Å². The molecule has 0 radical (unpaired) electrons. The lowest BCUT2D eigenvalue weighted by Gasteiger charge is -2.10. The van der Waals surface area contributed by atoms with E-state index >= 15 is 0 Å². The van der Waals surface area contributed by atoms with Crippen LogP contribution in [0, 0.1) is 12.8 Å². The summed E-state index contributed by atoms with van der Waals surface area (Å²) in [4.78, 5) is 22.7. The van der Waals surface area contributed by atoms with Gasteiger partial charge < -0.3 is 15.7 Å². The number of aromatic carboxylic acids is 1. The van der Waals surface area contributed by atoms with E-state index in [2.05, 4.69) is 17.6 Å². The first-order chi connectivity index (χ1) is 9.01. The summed E-state index contributed by atoms with van der Waals surface area (Å²) >= 11 is 0. The molecule has 0 aromatic heterocycles. The molecule has 3 N–H and O–H groups in total. The normalized spacial score (nSPS) is 20.7. The molecule has 0 heterocycles. The van der Waals surface area contributed by atoms with Crippen LogP contribution >= 0.6 is 0 Å². The minimum Gasteiger partial charge on any atom is -0.478 e. The Bertz CT molecular complexity index is 513. The standard InChI is InChI=1S/C14H18N2O3/c1-3-9-6-12(9)16-14(19)15-11-7-10(13(17)18)5-4-8(11)2/h4-5,7,9,12H,3,6H2,1-2H3,(H,17,18)(H2,15,16,19). The highest BCUT2D eigenvalue weighted by molar-refractivity contribution is 5.94. The molecule has 1 aliphatic rings. The van der Waals surface area contributed by atoms with Gasteiger partial charge in [0.2, 0.25) is 0 Å². The van der Waals surface area contributed by atoms with Crippen LogP contribution in [0.1, 0.15) is 35.7 Å². The van der Waals surface area contributed by atoms with Gasteiger partial charge in [-0.3, -0.25) is 0 Å². The van der Waals surface area contributed by atoms with Crippen molar-refractivity contribution in [1.82, 2.24) is 5.32 Å². The number of rotatable bonds is 4. The van der Waals surface area contributed by atoms with Crippen molar-refractivity contribution in [3.05, 3.63) is 29.3 Å². The van der Waals surface area contributed by atoms with E-state index in [1.807, 2.05) is 6.92 Å². The SMILES string of the molecule is CCC1CC1NC(=O)Nc1cc(C(=O)O)ccc1C. The van der Waals surface area contributed by atoms with E-state index in [4.69, 9.17) is 5.11 Å². The summed E-state index contributed by atoms with van der Waals surface area (Å²) in [5, 5.41) is 14.5. The number of carboxylic acid groups (broad SMARTS) is 1. The molecule has 0 saturated heterocycles. The first-order valence-corrected chi connectivity index (χ1v) is 6.42. The Kier molecular flexibility index (Phi) is 3.74. The maximum atomic E-state index is 11.8. The van der Waals surface area contributed by atoms with Gasteiger partial charge in [0.05, 0.1) is 5.56 Å². The Labute approximate surface area is 112 Å². The van der Waals surface area contributed by atoms with Gasteiger partial charge in [0.25, 0.3) is 0 Å². The fourth-order valence-corrected chi connectivity index (χ4v) is 2.09. The van der Waals surface area contributed by atoms with Gasteiger partial charge in [-0.15, -0.1) is 0 Å². The molecule has 2 atom stereocenters. The number of carbonyl (C=O) groups is 2. The second-order valence-electron chi connectivity index (χ2n) is 4.94. The molecule has 0 aliphatic heterocycles. The molecule has 5 heteroatoms. The highest BCUT2D eigenvalue weighted by Crippen LogP contribution is 2.33. The number of urea groups is 1. The van der Waals surface area contributed by atoms with Gasteiger partial charge in [-0.1, -0.05) is 19.4 Å². The molecule has 1 aliphatic carbocycles. The summed E-state index contributed by atoms with van der Waals surface area (Å²) in [6.45, 7) is 3.93. The van der Waals surface area contributed by atoms with E-state index < -0.39 is 5.97 Å². The molecule has 2 unspecified atom stereocenters. The average Bonchev–Trinajstić information content (AvgIpc) is 3.09. The number of carbonyl (C=O) groups excluding carboxylic acids is 1. The fraction of sp³-hybridized carbons (Fsp3) is 0.429. The minimum absolute atomic E-state index is 0.166. The Hall–Kier alpha value is -2.04. The maximum absolute atomic E-state index is 11.8. The van der Waals surface area contributed by atoms with Crippen molar-refractivity contribution in [2.24, 2.45) is 5.92 Å². The molecule has 1 fully saturated rings. The fourth-order valence-electron chi connectivity index (χ4n) is 2.09. The molecule has 2 amide bonds. The second kappa shape index (κ2) is 5.30. The van der Waals surface area contributed by atoms with Crippen LogP contribution in [0.15, 0.2) is 18.2 Å². The molecular weight excluding hydrogens is 244 g/mol. The van der Waals surface area contributed by atoms with Crippen molar-refractivity contribution in [3.8, 4) is 0 Å². The quantitative estimate of drug-likeness (QED) is 0.780. The Morgan fingerprint density at radius 2 is 2.16 bits per heavy atom. The van der Waals surface area contributed by atoms with E-state index in [1.165, 1.54) is 12.1 Å². The molecular formula is C14H18N2O3. The molecule has 1 saturated carbocycles. The third-order valence-electron chi connectivity index (χ3n) is 3.50. The van der Waals surface area contributed by atoms with Crippen molar-refractivity contribution < 1.29 is 14.7 Å². The van der Waals surface area contributed by atoms with Crippen molar-refractivity contribution in [1.29, 1.82) is 0 Å². The summed E-state index contributed by atoms with van der Waals surface area (Å²) in [7, 11) is 0. The smallest absolute Gasteiger partial charge is 0.335 e. The summed E-state index contributed by atoms with van der Waals surface area (Å²) in [6.07, 6.45) is 2.09. The van der Waals surface area contributed by atoms with E-state index in [1.54, 1.807) is 6.07 Å². The topological polar surface area (TPSA) is 78.4 Å². The Balaban J connectivity index is 2.00. The van der Waals surface area contributed by atoms with Gasteiger partial charge in [0.15, 0.2) is 0 Å². The van der Waals surface area contributed by atoms with Crippen molar-refractivity contribution in [2.75, 3.05) is 5.32 Å². The predicted molar refractivity (Wildman–Crippen MR) is 72.5 cm³/mol. The average molecular weight is 262 g/mol. The van der Waals surface area contributed by atoms with Gasteiger partial charge in [-0.05, 0) is 37.0 Å². The van der Waals surface area contributed by atoms with Crippen LogP contribution in [0.3, 0.4) is 0 Å². The molecule has 1 aromatic carbocycles. The van der Waals surface area contributed by atoms with Crippen molar-refractivity contribution in [2.45, 2.75) is 32.7 Å². The third-order valence-corrected chi connectivity index (χ3v) is 3.50. The number of amides is 2. The van der Waals surface area contributed by atoms with Crippen LogP contribution in [-0.2, 0) is 0 Å². The summed E-state index contributed by atoms with van der Waals surface area (Å²) < 4.78 is 0. The van der Waals surface area contributed by atoms with Gasteiger partial charge in [0, 0.05) is 11.7 Å². The van der Waals surface area contributed by atoms with Crippen LogP contribution < -0.4 is 10.6 Å². The number of hydrogen-bond acceptors (Lipinski definition) is 2. The summed E-state index contributed by atoms with van der Waals surface area (Å²) in [5.41, 5.74) is 1.54. The lowest BCUT2D eigenvalue weighted by molar-refractivity contribution is 0.0697. The molecule has 5 nitrogen and oxygen atoms in total. The van der Waals surface area contributed by atoms with Gasteiger partial charge in [-0.25, -0.2) is 9.59 Å². The maximum Gasteiger partial charge on any atom is 0.335 e. The molecule has 1 aromatic rings. The highest BCUT2D eigenvalue weighted by atomic mass is 16.4. The molecule has 102 valence electrons. The molecule has 2 rings (SSSR count).